The molecular formula is C28H18INO5S. The molecule has 0 saturated carbocycles. The Bertz CT molecular complexity index is 1790. The normalized spacial score (nSPS) is 11.5. The molecule has 0 aliphatic heterocycles. The highest BCUT2D eigenvalue weighted by Crippen LogP contribution is 2.36. The van der Waals surface area contributed by atoms with Crippen LogP contribution < -0.4 is 21.2 Å². The van der Waals surface area contributed by atoms with Gasteiger partial charge in [0.15, 0.2) is 7.14 Å². The van der Waals surface area contributed by atoms with Crippen LogP contribution in [0.1, 0.15) is 0 Å². The maximum atomic E-state index is 11.4. The van der Waals surface area contributed by atoms with E-state index in [2.05, 4.69) is 12.1 Å². The highest BCUT2D eigenvalue weighted by Gasteiger charge is 2.16. The monoisotopic (exact) mass is 607 g/mol. The van der Waals surface area contributed by atoms with Gasteiger partial charge in [0.25, 0.3) is 5.69 Å². The summed E-state index contributed by atoms with van der Waals surface area (Å²) in [6.45, 7) is 0. The summed E-state index contributed by atoms with van der Waals surface area (Å²) in [6, 6.07) is 33.6. The molecule has 0 radical (unpaired) electrons. The first-order valence-corrected chi connectivity index (χ1v) is 14.4. The first-order chi connectivity index (χ1) is 17.3. The predicted molar refractivity (Wildman–Crippen MR) is 135 cm³/mol. The van der Waals surface area contributed by atoms with E-state index in [0.717, 1.165) is 26.9 Å². The summed E-state index contributed by atoms with van der Waals surface area (Å²) in [7, 11) is -4.48. The molecule has 6 aromatic carbocycles. The van der Waals surface area contributed by atoms with Crippen LogP contribution in [0.4, 0.5) is 5.69 Å². The molecule has 6 rings (SSSR count). The van der Waals surface area contributed by atoms with Crippen LogP contribution in [0.15, 0.2) is 114 Å². The van der Waals surface area contributed by atoms with Crippen LogP contribution in [0, 0.1) is 17.3 Å². The first-order valence-electron chi connectivity index (χ1n) is 10.9. The molecule has 0 spiro atoms. The van der Waals surface area contributed by atoms with E-state index >= 15 is 0 Å². The van der Waals surface area contributed by atoms with E-state index < -0.39 is 10.1 Å². The molecule has 0 aliphatic rings. The average molecular weight is 607 g/mol. The van der Waals surface area contributed by atoms with Crippen LogP contribution in [-0.2, 0) is 10.1 Å². The Labute approximate surface area is 217 Å². The SMILES string of the molecule is O=S(=O)([O-])c1ccc2ccc3cccc4ccc1c2c34.O=[N+]([O-])c1ccc([I+]c2ccccc2)cc1. The second-order valence-electron chi connectivity index (χ2n) is 8.00. The van der Waals surface area contributed by atoms with Gasteiger partial charge in [-0.25, -0.2) is 8.42 Å². The van der Waals surface area contributed by atoms with Crippen LogP contribution >= 0.6 is 0 Å². The maximum absolute atomic E-state index is 11.4. The van der Waals surface area contributed by atoms with E-state index in [9.17, 15) is 23.1 Å². The van der Waals surface area contributed by atoms with Crippen LogP contribution in [0.3, 0.4) is 0 Å². The molecule has 0 fully saturated rings. The molecule has 8 heteroatoms. The van der Waals surface area contributed by atoms with E-state index in [4.69, 9.17) is 0 Å². The number of halogens is 1. The van der Waals surface area contributed by atoms with Crippen LogP contribution in [0.2, 0.25) is 0 Å². The van der Waals surface area contributed by atoms with Gasteiger partial charge in [-0.2, -0.15) is 0 Å². The Hall–Kier alpha value is -3.60. The van der Waals surface area contributed by atoms with E-state index in [1.54, 1.807) is 24.3 Å². The summed E-state index contributed by atoms with van der Waals surface area (Å²) in [5.74, 6) is 0. The summed E-state index contributed by atoms with van der Waals surface area (Å²) in [4.78, 5) is 9.96. The van der Waals surface area contributed by atoms with Crippen molar-refractivity contribution in [2.24, 2.45) is 0 Å². The van der Waals surface area contributed by atoms with Gasteiger partial charge in [-0.3, -0.25) is 10.1 Å². The number of benzene rings is 6. The van der Waals surface area contributed by atoms with Crippen molar-refractivity contribution in [1.29, 1.82) is 0 Å². The molecule has 0 aliphatic carbocycles. The Morgan fingerprint density at radius 3 is 1.78 bits per heavy atom. The van der Waals surface area contributed by atoms with E-state index in [1.165, 1.54) is 13.2 Å². The first kappa shape index (κ1) is 24.1. The van der Waals surface area contributed by atoms with Gasteiger partial charge in [-0.05, 0) is 57.3 Å². The zero-order valence-electron chi connectivity index (χ0n) is 18.7. The summed E-state index contributed by atoms with van der Waals surface area (Å²) in [6.07, 6.45) is 0. The maximum Gasteiger partial charge on any atom is 0.357 e. The highest BCUT2D eigenvalue weighted by molar-refractivity contribution is 7.86. The molecule has 0 N–H and O–H groups in total. The standard InChI is InChI=1S/C16H10O3S.C12H9INO2/c17-20(18,19)14-9-7-12-5-4-10-2-1-3-11-6-8-13(14)16(12)15(10)11;15-14(16)12-8-6-11(7-9-12)13-10-4-2-1-3-5-10/h1-9H,(H,17,18,19);1-9H/q;+1/p-1. The number of rotatable bonds is 4. The third kappa shape index (κ3) is 4.88. The third-order valence-electron chi connectivity index (χ3n) is 5.75. The van der Waals surface area contributed by atoms with Crippen LogP contribution in [-0.4, -0.2) is 17.9 Å². The van der Waals surface area contributed by atoms with Crippen LogP contribution in [0.5, 0.6) is 0 Å². The largest absolute Gasteiger partial charge is 0.744 e. The lowest BCUT2D eigenvalue weighted by molar-refractivity contribution is -0.597. The zero-order valence-corrected chi connectivity index (χ0v) is 21.6. The molecule has 0 atom stereocenters. The van der Waals surface area contributed by atoms with Crippen molar-refractivity contribution in [3.05, 3.63) is 126 Å². The Morgan fingerprint density at radius 2 is 1.17 bits per heavy atom. The summed E-state index contributed by atoms with van der Waals surface area (Å²) in [5, 5.41) is 15.9. The average Bonchev–Trinajstić information content (AvgIpc) is 2.88. The molecule has 0 amide bonds. The lowest BCUT2D eigenvalue weighted by Gasteiger charge is -2.15. The quantitative estimate of drug-likeness (QED) is 0.101. The highest BCUT2D eigenvalue weighted by atomic mass is 127. The summed E-state index contributed by atoms with van der Waals surface area (Å²) >= 11 is -0.227. The smallest absolute Gasteiger partial charge is 0.357 e. The topological polar surface area (TPSA) is 100 Å². The molecule has 6 nitrogen and oxygen atoms in total. The zero-order chi connectivity index (χ0) is 25.3. The molecule has 0 heterocycles. The second kappa shape index (κ2) is 9.81. The fourth-order valence-electron chi connectivity index (χ4n) is 4.16. The van der Waals surface area contributed by atoms with Crippen molar-refractivity contribution in [3.8, 4) is 0 Å². The van der Waals surface area contributed by atoms with Gasteiger partial charge in [-0.1, -0.05) is 66.7 Å². The fourth-order valence-corrected chi connectivity index (χ4v) is 7.04. The number of non-ortho nitro benzene ring substituents is 1. The number of nitro benzene ring substituents is 1. The van der Waals surface area contributed by atoms with Crippen molar-refractivity contribution >= 4 is 48.1 Å². The predicted octanol–water partition coefficient (Wildman–Crippen LogP) is 3.21. The van der Waals surface area contributed by atoms with Gasteiger partial charge in [0.05, 0.1) is 9.82 Å². The minimum atomic E-state index is -4.48. The lowest BCUT2D eigenvalue weighted by Crippen LogP contribution is -3.61. The van der Waals surface area contributed by atoms with Crippen molar-refractivity contribution in [1.82, 2.24) is 0 Å². The van der Waals surface area contributed by atoms with Gasteiger partial charge in [-0.15, -0.1) is 0 Å². The van der Waals surface area contributed by atoms with Crippen molar-refractivity contribution in [2.45, 2.75) is 4.90 Å². The number of hydrogen-bond donors (Lipinski definition) is 0. The minimum Gasteiger partial charge on any atom is -0.744 e. The van der Waals surface area contributed by atoms with Gasteiger partial charge >= 0.3 is 21.2 Å². The van der Waals surface area contributed by atoms with Crippen LogP contribution in [0.25, 0.3) is 32.3 Å². The Balaban J connectivity index is 0.000000152. The molecule has 178 valence electrons. The second-order valence-corrected chi connectivity index (χ2v) is 12.4. The van der Waals surface area contributed by atoms with Gasteiger partial charge < -0.3 is 4.55 Å². The Kier molecular flexibility index (Phi) is 6.57. The number of nitrogens with zero attached hydrogens (tertiary/aromatic N) is 1. The molecule has 0 saturated heterocycles. The van der Waals surface area contributed by atoms with E-state index in [0.29, 0.717) is 5.39 Å². The summed E-state index contributed by atoms with van der Waals surface area (Å²) in [5.41, 5.74) is 0.154. The lowest BCUT2D eigenvalue weighted by atomic mass is 9.94. The van der Waals surface area contributed by atoms with Crippen molar-refractivity contribution in [3.63, 3.8) is 0 Å². The minimum absolute atomic E-state index is 0.150. The van der Waals surface area contributed by atoms with Gasteiger partial charge in [0, 0.05) is 17.5 Å². The fraction of sp³-hybridized carbons (Fsp3) is 0. The molecule has 0 unspecified atom stereocenters. The van der Waals surface area contributed by atoms with Crippen molar-refractivity contribution < 1.29 is 39.1 Å². The third-order valence-corrected chi connectivity index (χ3v) is 9.33. The van der Waals surface area contributed by atoms with Crippen molar-refractivity contribution in [2.75, 3.05) is 0 Å². The molecular weight excluding hydrogens is 589 g/mol. The van der Waals surface area contributed by atoms with Gasteiger partial charge in [0.2, 0.25) is 0 Å². The van der Waals surface area contributed by atoms with E-state index in [1.807, 2.05) is 66.7 Å². The van der Waals surface area contributed by atoms with Gasteiger partial charge in [0.1, 0.15) is 10.1 Å². The molecule has 0 bridgehead atoms. The molecule has 0 aromatic heterocycles. The van der Waals surface area contributed by atoms with E-state index in [-0.39, 0.29) is 36.7 Å². The number of hydrogen-bond acceptors (Lipinski definition) is 5. The Morgan fingerprint density at radius 1 is 0.611 bits per heavy atom. The number of nitro groups is 1. The summed E-state index contributed by atoms with van der Waals surface area (Å²) < 4.78 is 36.8. The molecule has 36 heavy (non-hydrogen) atoms. The molecule has 6 aromatic rings.